The molecule has 3 aliphatic heterocycles. The first kappa shape index (κ1) is 20.3. The zero-order valence-corrected chi connectivity index (χ0v) is 19.4. The third-order valence-corrected chi connectivity index (χ3v) is 7.40. The minimum atomic E-state index is -0.871. The van der Waals surface area contributed by atoms with Gasteiger partial charge in [-0.05, 0) is 76.5 Å². The molecule has 0 saturated carbocycles. The van der Waals surface area contributed by atoms with E-state index in [2.05, 4.69) is 27.5 Å². The molecule has 1 N–H and O–H groups in total. The highest BCUT2D eigenvalue weighted by Crippen LogP contribution is 2.50. The molecule has 0 aromatic heterocycles. The van der Waals surface area contributed by atoms with Gasteiger partial charge in [-0.3, -0.25) is 4.90 Å². The minimum absolute atomic E-state index is 0.112. The maximum absolute atomic E-state index is 12.7. The summed E-state index contributed by atoms with van der Waals surface area (Å²) in [6.07, 6.45) is 1.22. The number of rotatable bonds is 4. The highest BCUT2D eigenvalue weighted by atomic mass is 127. The summed E-state index contributed by atoms with van der Waals surface area (Å²) < 4.78 is 23.7. The minimum Gasteiger partial charge on any atom is -0.482 e. The number of aliphatic hydroxyl groups excluding tert-OH is 1. The quantitative estimate of drug-likeness (QED) is 0.359. The number of nitrogens with zero attached hydrogens (tertiary/aromatic N) is 1. The third-order valence-electron chi connectivity index (χ3n) is 6.68. The van der Waals surface area contributed by atoms with Crippen LogP contribution in [0.1, 0.15) is 23.5 Å². The molecule has 8 heteroatoms. The van der Waals surface area contributed by atoms with Gasteiger partial charge in [-0.1, -0.05) is 11.6 Å². The van der Waals surface area contributed by atoms with Crippen molar-refractivity contribution in [1.29, 1.82) is 0 Å². The Kier molecular flexibility index (Phi) is 5.03. The van der Waals surface area contributed by atoms with E-state index in [1.165, 1.54) is 5.57 Å². The van der Waals surface area contributed by atoms with Gasteiger partial charge in [-0.2, -0.15) is 0 Å². The Morgan fingerprint density at radius 3 is 2.78 bits per heavy atom. The lowest BCUT2D eigenvalue weighted by Gasteiger charge is -2.45. The fourth-order valence-electron chi connectivity index (χ4n) is 5.33. The van der Waals surface area contributed by atoms with E-state index in [1.54, 1.807) is 0 Å². The summed E-state index contributed by atoms with van der Waals surface area (Å²) in [4.78, 5) is 15.1. The van der Waals surface area contributed by atoms with Gasteiger partial charge in [0.05, 0.1) is 0 Å². The monoisotopic (exact) mass is 547 g/mol. The first-order valence-corrected chi connectivity index (χ1v) is 11.8. The second-order valence-electron chi connectivity index (χ2n) is 8.52. The lowest BCUT2D eigenvalue weighted by molar-refractivity contribution is -0.159. The van der Waals surface area contributed by atoms with E-state index in [1.807, 2.05) is 42.5 Å². The Morgan fingerprint density at radius 1 is 1.19 bits per heavy atom. The van der Waals surface area contributed by atoms with Crippen molar-refractivity contribution in [2.45, 2.75) is 37.1 Å². The van der Waals surface area contributed by atoms with E-state index in [0.717, 1.165) is 40.0 Å². The molecule has 0 amide bonds. The summed E-state index contributed by atoms with van der Waals surface area (Å²) in [7, 11) is 0. The van der Waals surface area contributed by atoms with Crippen molar-refractivity contribution in [3.8, 4) is 17.2 Å². The Morgan fingerprint density at radius 2 is 1.97 bits per heavy atom. The summed E-state index contributed by atoms with van der Waals surface area (Å²) >= 11 is 2.21. The molecule has 1 aliphatic carbocycles. The molecular weight excluding hydrogens is 525 g/mol. The predicted octanol–water partition coefficient (Wildman–Crippen LogP) is 2.98. The van der Waals surface area contributed by atoms with Crippen LogP contribution in [0.25, 0.3) is 0 Å². The molecule has 7 nitrogen and oxygen atoms in total. The summed E-state index contributed by atoms with van der Waals surface area (Å²) in [5, 5.41) is 10.9. The number of hydrogen-bond acceptors (Lipinski definition) is 7. The van der Waals surface area contributed by atoms with Crippen LogP contribution in [-0.4, -0.2) is 54.2 Å². The molecule has 2 aromatic rings. The van der Waals surface area contributed by atoms with Gasteiger partial charge in [0, 0.05) is 28.6 Å². The molecule has 3 heterocycles. The Bertz CT molecular complexity index is 1100. The Hall–Kier alpha value is -2.30. The molecule has 0 bridgehead atoms. The van der Waals surface area contributed by atoms with Crippen molar-refractivity contribution in [2.24, 2.45) is 0 Å². The van der Waals surface area contributed by atoms with Crippen LogP contribution in [0.4, 0.5) is 0 Å². The van der Waals surface area contributed by atoms with Crippen LogP contribution in [0, 0.1) is 3.57 Å². The largest absolute Gasteiger partial charge is 0.482 e. The number of fused-ring (bicyclic) bond motifs is 3. The zero-order chi connectivity index (χ0) is 21.8. The van der Waals surface area contributed by atoms with E-state index in [0.29, 0.717) is 11.5 Å². The molecule has 0 spiro atoms. The molecule has 166 valence electrons. The van der Waals surface area contributed by atoms with Crippen molar-refractivity contribution in [3.63, 3.8) is 0 Å². The molecule has 0 radical (unpaired) electrons. The van der Waals surface area contributed by atoms with E-state index in [4.69, 9.17) is 18.9 Å². The molecule has 4 aliphatic rings. The van der Waals surface area contributed by atoms with Gasteiger partial charge in [0.1, 0.15) is 18.0 Å². The van der Waals surface area contributed by atoms with Crippen molar-refractivity contribution in [1.82, 2.24) is 4.90 Å². The van der Waals surface area contributed by atoms with Gasteiger partial charge in [0.15, 0.2) is 18.1 Å². The number of ether oxygens (including phenoxy) is 4. The van der Waals surface area contributed by atoms with Gasteiger partial charge in [0.25, 0.3) is 0 Å². The second-order valence-corrected chi connectivity index (χ2v) is 9.77. The maximum atomic E-state index is 12.7. The topological polar surface area (TPSA) is 77.5 Å². The second kappa shape index (κ2) is 7.93. The molecule has 6 rings (SSSR count). The van der Waals surface area contributed by atoms with E-state index < -0.39 is 18.2 Å². The molecular formula is C24H22INO6. The lowest BCUT2D eigenvalue weighted by atomic mass is 9.73. The average molecular weight is 547 g/mol. The number of carbonyl (C=O) groups excluding carboxylic acids is 1. The molecule has 1 fully saturated rings. The summed E-state index contributed by atoms with van der Waals surface area (Å²) in [6, 6.07) is 11.6. The number of aliphatic hydroxyl groups is 1. The third kappa shape index (κ3) is 3.45. The standard InChI is InChI=1S/C24H22INO6/c25-15-1-3-16(4-2-15)29-11-21(28)32-24-18(27)7-13-5-6-26-10-14-8-19-20(31-12-30-19)9-17(14)22(24)23(13)26/h1-4,7-9,18,22-24,27H,5-6,10-12H2. The first-order chi connectivity index (χ1) is 15.6. The van der Waals surface area contributed by atoms with Crippen LogP contribution in [-0.2, 0) is 16.1 Å². The molecule has 1 saturated heterocycles. The van der Waals surface area contributed by atoms with Gasteiger partial charge in [-0.25, -0.2) is 4.79 Å². The fraction of sp³-hybridized carbons (Fsp3) is 0.375. The van der Waals surface area contributed by atoms with Gasteiger partial charge >= 0.3 is 5.97 Å². The highest BCUT2D eigenvalue weighted by molar-refractivity contribution is 14.1. The number of carbonyl (C=O) groups is 1. The van der Waals surface area contributed by atoms with Crippen molar-refractivity contribution < 1.29 is 28.8 Å². The normalized spacial score (nSPS) is 27.4. The molecule has 32 heavy (non-hydrogen) atoms. The van der Waals surface area contributed by atoms with E-state index >= 15 is 0 Å². The smallest absolute Gasteiger partial charge is 0.344 e. The highest BCUT2D eigenvalue weighted by Gasteiger charge is 2.50. The predicted molar refractivity (Wildman–Crippen MR) is 123 cm³/mol. The molecule has 2 aromatic carbocycles. The summed E-state index contributed by atoms with van der Waals surface area (Å²) in [6.45, 7) is 1.72. The number of benzene rings is 2. The lowest BCUT2D eigenvalue weighted by Crippen LogP contribution is -2.51. The van der Waals surface area contributed by atoms with Crippen LogP contribution in [0.15, 0.2) is 48.0 Å². The molecule has 4 unspecified atom stereocenters. The van der Waals surface area contributed by atoms with Gasteiger partial charge in [-0.15, -0.1) is 0 Å². The van der Waals surface area contributed by atoms with E-state index in [9.17, 15) is 9.90 Å². The van der Waals surface area contributed by atoms with E-state index in [-0.39, 0.29) is 25.4 Å². The van der Waals surface area contributed by atoms with Crippen molar-refractivity contribution in [2.75, 3.05) is 19.9 Å². The van der Waals surface area contributed by atoms with Gasteiger partial charge < -0.3 is 24.1 Å². The fourth-order valence-corrected chi connectivity index (χ4v) is 5.69. The first-order valence-electron chi connectivity index (χ1n) is 10.7. The number of esters is 1. The van der Waals surface area contributed by atoms with Crippen LogP contribution in [0.5, 0.6) is 17.2 Å². The van der Waals surface area contributed by atoms with Crippen LogP contribution >= 0.6 is 22.6 Å². The zero-order valence-electron chi connectivity index (χ0n) is 17.2. The van der Waals surface area contributed by atoms with Crippen molar-refractivity contribution >= 4 is 28.6 Å². The van der Waals surface area contributed by atoms with Crippen LogP contribution in [0.2, 0.25) is 0 Å². The van der Waals surface area contributed by atoms with Crippen LogP contribution < -0.4 is 14.2 Å². The average Bonchev–Trinajstić information content (AvgIpc) is 3.41. The molecule has 4 atom stereocenters. The Balaban J connectivity index is 1.28. The van der Waals surface area contributed by atoms with Gasteiger partial charge in [0.2, 0.25) is 6.79 Å². The van der Waals surface area contributed by atoms with Crippen LogP contribution in [0.3, 0.4) is 0 Å². The Labute approximate surface area is 199 Å². The summed E-state index contributed by atoms with van der Waals surface area (Å²) in [5.74, 6) is 1.38. The number of halogens is 1. The number of hydrogen-bond donors (Lipinski definition) is 1. The van der Waals surface area contributed by atoms with Crippen molar-refractivity contribution in [3.05, 3.63) is 62.7 Å². The SMILES string of the molecule is O=C(COc1ccc(I)cc1)OC1C(O)C=C2CCN3Cc4cc5c(cc4C1C23)OCO5. The maximum Gasteiger partial charge on any atom is 0.344 e. The summed E-state index contributed by atoms with van der Waals surface area (Å²) in [5.41, 5.74) is 3.40.